The molecular weight excluding hydrogens is 262 g/mol. The highest BCUT2D eigenvalue weighted by Gasteiger charge is 2.19. The third kappa shape index (κ3) is 3.30. The fourth-order valence-corrected chi connectivity index (χ4v) is 1.97. The second kappa shape index (κ2) is 5.25. The lowest BCUT2D eigenvalue weighted by Crippen LogP contribution is -2.08. The second-order valence-corrected chi connectivity index (χ2v) is 4.53. The molecule has 1 heterocycles. The van der Waals surface area contributed by atoms with Crippen LogP contribution < -0.4 is 0 Å². The van der Waals surface area contributed by atoms with Gasteiger partial charge in [-0.3, -0.25) is 0 Å². The maximum absolute atomic E-state index is 10.5. The molecule has 6 heteroatoms. The Labute approximate surface area is 96.7 Å². The number of halogens is 1. The monoisotopic (exact) mass is 275 g/mol. The standard InChI is InChI=1S/C9H14BrN3O2/c1-3-4-7(2)5-12-6-8(10)9(11-12)13(14)15/h6-7H,3-5H2,1-2H3. The van der Waals surface area contributed by atoms with Crippen molar-refractivity contribution in [1.82, 2.24) is 9.78 Å². The summed E-state index contributed by atoms with van der Waals surface area (Å²) in [6, 6.07) is 0. The van der Waals surface area contributed by atoms with Crippen molar-refractivity contribution >= 4 is 21.7 Å². The predicted molar refractivity (Wildman–Crippen MR) is 60.7 cm³/mol. The topological polar surface area (TPSA) is 61.0 Å². The van der Waals surface area contributed by atoms with Crippen LogP contribution in [0.25, 0.3) is 0 Å². The van der Waals surface area contributed by atoms with Crippen LogP contribution in [-0.4, -0.2) is 14.7 Å². The minimum absolute atomic E-state index is 0.112. The summed E-state index contributed by atoms with van der Waals surface area (Å²) in [5.74, 6) is 0.375. The van der Waals surface area contributed by atoms with Crippen molar-refractivity contribution in [3.05, 3.63) is 20.8 Å². The molecule has 0 amide bonds. The fourth-order valence-electron chi connectivity index (χ4n) is 1.51. The molecule has 0 aliphatic heterocycles. The Morgan fingerprint density at radius 1 is 1.73 bits per heavy atom. The summed E-state index contributed by atoms with van der Waals surface area (Å²) in [6.07, 6.45) is 3.88. The molecule has 0 saturated heterocycles. The van der Waals surface area contributed by atoms with E-state index in [1.165, 1.54) is 0 Å². The van der Waals surface area contributed by atoms with Crippen LogP contribution in [0, 0.1) is 16.0 Å². The van der Waals surface area contributed by atoms with Crippen molar-refractivity contribution in [2.75, 3.05) is 0 Å². The third-order valence-electron chi connectivity index (χ3n) is 2.15. The minimum Gasteiger partial charge on any atom is -0.358 e. The average Bonchev–Trinajstić information content (AvgIpc) is 2.47. The van der Waals surface area contributed by atoms with E-state index in [0.29, 0.717) is 10.4 Å². The van der Waals surface area contributed by atoms with Crippen LogP contribution in [0.5, 0.6) is 0 Å². The number of nitro groups is 1. The molecule has 0 aliphatic carbocycles. The molecule has 0 aromatic carbocycles. The third-order valence-corrected chi connectivity index (χ3v) is 2.71. The summed E-state index contributed by atoms with van der Waals surface area (Å²) in [5.41, 5.74) is 0. The van der Waals surface area contributed by atoms with E-state index in [1.807, 2.05) is 0 Å². The van der Waals surface area contributed by atoms with Crippen LogP contribution >= 0.6 is 15.9 Å². The van der Waals surface area contributed by atoms with Gasteiger partial charge in [0.1, 0.15) is 4.47 Å². The van der Waals surface area contributed by atoms with Gasteiger partial charge < -0.3 is 10.1 Å². The first-order valence-electron chi connectivity index (χ1n) is 4.92. The molecule has 0 radical (unpaired) electrons. The smallest absolute Gasteiger partial charge is 0.358 e. The maximum atomic E-state index is 10.5. The van der Waals surface area contributed by atoms with Crippen LogP contribution in [0.15, 0.2) is 10.7 Å². The molecule has 1 aromatic heterocycles. The van der Waals surface area contributed by atoms with Crippen molar-refractivity contribution in [3.8, 4) is 0 Å². The highest BCUT2D eigenvalue weighted by Crippen LogP contribution is 2.22. The van der Waals surface area contributed by atoms with Crippen molar-refractivity contribution in [2.24, 2.45) is 5.92 Å². The van der Waals surface area contributed by atoms with E-state index >= 15 is 0 Å². The predicted octanol–water partition coefficient (Wildman–Crippen LogP) is 2.99. The van der Waals surface area contributed by atoms with E-state index in [-0.39, 0.29) is 5.82 Å². The second-order valence-electron chi connectivity index (χ2n) is 3.67. The lowest BCUT2D eigenvalue weighted by Gasteiger charge is -2.06. The van der Waals surface area contributed by atoms with Gasteiger partial charge in [0.25, 0.3) is 0 Å². The normalized spacial score (nSPS) is 12.7. The Balaban J connectivity index is 2.71. The molecule has 1 rings (SSSR count). The van der Waals surface area contributed by atoms with Gasteiger partial charge >= 0.3 is 5.82 Å². The number of nitrogens with zero attached hydrogens (tertiary/aromatic N) is 3. The van der Waals surface area contributed by atoms with E-state index in [4.69, 9.17) is 0 Å². The van der Waals surface area contributed by atoms with Crippen molar-refractivity contribution in [3.63, 3.8) is 0 Å². The first-order valence-corrected chi connectivity index (χ1v) is 5.71. The minimum atomic E-state index is -0.481. The molecule has 0 fully saturated rings. The van der Waals surface area contributed by atoms with E-state index in [2.05, 4.69) is 34.9 Å². The quantitative estimate of drug-likeness (QED) is 0.613. The molecule has 15 heavy (non-hydrogen) atoms. The molecule has 5 nitrogen and oxygen atoms in total. The number of hydrogen-bond donors (Lipinski definition) is 0. The van der Waals surface area contributed by atoms with E-state index < -0.39 is 4.92 Å². The Morgan fingerprint density at radius 3 is 2.87 bits per heavy atom. The largest absolute Gasteiger partial charge is 0.404 e. The van der Waals surface area contributed by atoms with Gasteiger partial charge in [0, 0.05) is 0 Å². The van der Waals surface area contributed by atoms with Gasteiger partial charge in [-0.15, -0.1) is 0 Å². The molecule has 1 atom stereocenters. The molecule has 0 bridgehead atoms. The molecule has 0 aliphatic rings. The van der Waals surface area contributed by atoms with Gasteiger partial charge in [-0.05, 0) is 33.2 Å². The number of hydrogen-bond acceptors (Lipinski definition) is 3. The van der Waals surface area contributed by atoms with E-state index in [1.54, 1.807) is 10.9 Å². The molecule has 0 spiro atoms. The zero-order valence-corrected chi connectivity index (χ0v) is 10.4. The summed E-state index contributed by atoms with van der Waals surface area (Å²) in [7, 11) is 0. The number of rotatable bonds is 5. The molecular formula is C9H14BrN3O2. The lowest BCUT2D eigenvalue weighted by atomic mass is 10.1. The van der Waals surface area contributed by atoms with Crippen LogP contribution in [0.3, 0.4) is 0 Å². The molecule has 0 N–H and O–H groups in total. The molecule has 1 unspecified atom stereocenters. The van der Waals surface area contributed by atoms with Gasteiger partial charge in [-0.2, -0.15) is 4.68 Å². The van der Waals surface area contributed by atoms with Crippen molar-refractivity contribution in [2.45, 2.75) is 33.2 Å². The molecule has 1 aromatic rings. The van der Waals surface area contributed by atoms with Crippen molar-refractivity contribution < 1.29 is 4.92 Å². The summed E-state index contributed by atoms with van der Waals surface area (Å²) in [5, 5.41) is 14.4. The first kappa shape index (κ1) is 12.2. The molecule has 0 saturated carbocycles. The summed E-state index contributed by atoms with van der Waals surface area (Å²) in [4.78, 5) is 10.1. The van der Waals surface area contributed by atoms with Gasteiger partial charge in [0.15, 0.2) is 0 Å². The SMILES string of the molecule is CCCC(C)Cn1cc(Br)c([N+](=O)[O-])n1. The van der Waals surface area contributed by atoms with Gasteiger partial charge in [-0.25, -0.2) is 0 Å². The zero-order chi connectivity index (χ0) is 11.4. The van der Waals surface area contributed by atoms with Gasteiger partial charge in [-0.1, -0.05) is 20.3 Å². The van der Waals surface area contributed by atoms with Crippen molar-refractivity contribution in [1.29, 1.82) is 0 Å². The Morgan fingerprint density at radius 2 is 2.40 bits per heavy atom. The average molecular weight is 276 g/mol. The first-order chi connectivity index (χ1) is 7.04. The zero-order valence-electron chi connectivity index (χ0n) is 8.81. The summed E-state index contributed by atoms with van der Waals surface area (Å²) in [6.45, 7) is 4.96. The van der Waals surface area contributed by atoms with Gasteiger partial charge in [0.05, 0.1) is 17.8 Å². The summed E-state index contributed by atoms with van der Waals surface area (Å²) < 4.78 is 2.07. The maximum Gasteiger partial charge on any atom is 0.404 e. The Hall–Kier alpha value is -0.910. The Bertz CT molecular complexity index is 351. The van der Waals surface area contributed by atoms with Crippen LogP contribution in [0.1, 0.15) is 26.7 Å². The molecule has 84 valence electrons. The number of aromatic nitrogens is 2. The van der Waals surface area contributed by atoms with E-state index in [0.717, 1.165) is 19.4 Å². The van der Waals surface area contributed by atoms with Crippen LogP contribution in [0.4, 0.5) is 5.82 Å². The Kier molecular flexibility index (Phi) is 4.26. The van der Waals surface area contributed by atoms with Crippen LogP contribution in [0.2, 0.25) is 0 Å². The summed E-state index contributed by atoms with van der Waals surface area (Å²) >= 11 is 3.12. The highest BCUT2D eigenvalue weighted by molar-refractivity contribution is 9.10. The fraction of sp³-hybridized carbons (Fsp3) is 0.667. The highest BCUT2D eigenvalue weighted by atomic mass is 79.9. The lowest BCUT2D eigenvalue weighted by molar-refractivity contribution is -0.390. The van der Waals surface area contributed by atoms with E-state index in [9.17, 15) is 10.1 Å². The van der Waals surface area contributed by atoms with Crippen LogP contribution in [-0.2, 0) is 6.54 Å². The van der Waals surface area contributed by atoms with Gasteiger partial charge in [0.2, 0.25) is 0 Å².